The summed E-state index contributed by atoms with van der Waals surface area (Å²) in [6.07, 6.45) is 6.13. The summed E-state index contributed by atoms with van der Waals surface area (Å²) in [6.45, 7) is 2.72. The summed E-state index contributed by atoms with van der Waals surface area (Å²) < 4.78 is 0. The number of carbonyl (C=O) groups excluding carboxylic acids is 2. The Labute approximate surface area is 205 Å². The fourth-order valence-corrected chi connectivity index (χ4v) is 4.60. The number of amides is 2. The first-order valence-electron chi connectivity index (χ1n) is 12.0. The Kier molecular flexibility index (Phi) is 6.44. The number of rotatable bonds is 6. The highest BCUT2D eigenvalue weighted by molar-refractivity contribution is 5.99. The van der Waals surface area contributed by atoms with Gasteiger partial charge < -0.3 is 15.5 Å². The van der Waals surface area contributed by atoms with Crippen LogP contribution in [0.5, 0.6) is 0 Å². The smallest absolute Gasteiger partial charge is 0.251 e. The van der Waals surface area contributed by atoms with Crippen molar-refractivity contribution in [1.82, 2.24) is 4.98 Å². The Morgan fingerprint density at radius 1 is 0.943 bits per heavy atom. The molecule has 0 aliphatic carbocycles. The second kappa shape index (κ2) is 9.97. The lowest BCUT2D eigenvalue weighted by Crippen LogP contribution is -2.35. The molecule has 3 aromatic carbocycles. The summed E-state index contributed by atoms with van der Waals surface area (Å²) in [4.78, 5) is 31.9. The van der Waals surface area contributed by atoms with Crippen LogP contribution in [-0.4, -0.2) is 23.3 Å². The van der Waals surface area contributed by atoms with E-state index in [2.05, 4.69) is 15.6 Å². The van der Waals surface area contributed by atoms with E-state index in [-0.39, 0.29) is 11.8 Å². The summed E-state index contributed by atoms with van der Waals surface area (Å²) >= 11 is 0. The quantitative estimate of drug-likeness (QED) is 0.375. The molecule has 6 nitrogen and oxygen atoms in total. The number of carbonyl (C=O) groups is 2. The number of hydrogen-bond donors (Lipinski definition) is 2. The van der Waals surface area contributed by atoms with Crippen molar-refractivity contribution in [3.63, 3.8) is 0 Å². The number of benzene rings is 3. The Hall–Kier alpha value is -4.19. The third-order valence-electron chi connectivity index (χ3n) is 6.43. The topological polar surface area (TPSA) is 74.3 Å². The average Bonchev–Trinajstić information content (AvgIpc) is 2.88. The van der Waals surface area contributed by atoms with E-state index in [9.17, 15) is 9.59 Å². The lowest BCUT2D eigenvalue weighted by Gasteiger charge is -2.28. The molecule has 1 atom stereocenters. The number of pyridine rings is 1. The van der Waals surface area contributed by atoms with Crippen molar-refractivity contribution in [2.75, 3.05) is 22.1 Å². The van der Waals surface area contributed by atoms with Crippen molar-refractivity contribution in [2.45, 2.75) is 32.2 Å². The van der Waals surface area contributed by atoms with Gasteiger partial charge in [0, 0.05) is 47.8 Å². The summed E-state index contributed by atoms with van der Waals surface area (Å²) in [7, 11) is 0. The standard InChI is InChI=1S/C29H28N4O2/c1-20-17-24(12-13-26(20)33-16-6-5-9-27(33)34)32-29(35)28(22-7-3-2-4-8-22)31-25-11-10-21-14-15-30-19-23(21)18-25/h2-4,7-8,10-15,17-19,28,31H,5-6,9,16H2,1H3,(H,32,35). The van der Waals surface area contributed by atoms with Gasteiger partial charge in [0.25, 0.3) is 5.91 Å². The van der Waals surface area contributed by atoms with E-state index in [0.717, 1.165) is 52.7 Å². The second-order valence-corrected chi connectivity index (χ2v) is 8.92. The predicted molar refractivity (Wildman–Crippen MR) is 141 cm³/mol. The first-order chi connectivity index (χ1) is 17.1. The van der Waals surface area contributed by atoms with Crippen molar-refractivity contribution in [1.29, 1.82) is 0 Å². The van der Waals surface area contributed by atoms with Gasteiger partial charge >= 0.3 is 0 Å². The summed E-state index contributed by atoms with van der Waals surface area (Å²) in [6, 6.07) is 22.8. The molecule has 0 radical (unpaired) electrons. The van der Waals surface area contributed by atoms with Crippen molar-refractivity contribution < 1.29 is 9.59 Å². The van der Waals surface area contributed by atoms with E-state index in [4.69, 9.17) is 0 Å². The van der Waals surface area contributed by atoms with E-state index in [1.807, 2.05) is 90.8 Å². The Morgan fingerprint density at radius 3 is 2.57 bits per heavy atom. The molecule has 1 aliphatic rings. The summed E-state index contributed by atoms with van der Waals surface area (Å²) in [5.74, 6) is -0.00116. The van der Waals surface area contributed by atoms with Gasteiger partial charge in [-0.25, -0.2) is 0 Å². The number of piperidine rings is 1. The maximum absolute atomic E-state index is 13.5. The molecular weight excluding hydrogens is 436 g/mol. The van der Waals surface area contributed by atoms with Crippen LogP contribution in [0.15, 0.2) is 85.2 Å². The molecular formula is C29H28N4O2. The number of anilines is 3. The minimum atomic E-state index is -0.589. The van der Waals surface area contributed by atoms with Gasteiger partial charge in [-0.1, -0.05) is 36.4 Å². The molecule has 1 saturated heterocycles. The van der Waals surface area contributed by atoms with Gasteiger partial charge in [0.15, 0.2) is 0 Å². The molecule has 1 fully saturated rings. The molecule has 2 amide bonds. The van der Waals surface area contributed by atoms with E-state index in [0.29, 0.717) is 12.1 Å². The number of nitrogens with zero attached hydrogens (tertiary/aromatic N) is 2. The van der Waals surface area contributed by atoms with Gasteiger partial charge in [0.2, 0.25) is 5.91 Å². The van der Waals surface area contributed by atoms with Crippen LogP contribution >= 0.6 is 0 Å². The lowest BCUT2D eigenvalue weighted by atomic mass is 10.0. The molecule has 0 saturated carbocycles. The van der Waals surface area contributed by atoms with Gasteiger partial charge in [0.1, 0.15) is 6.04 Å². The molecule has 176 valence electrons. The van der Waals surface area contributed by atoms with Gasteiger partial charge in [-0.05, 0) is 72.7 Å². The van der Waals surface area contributed by atoms with Gasteiger partial charge in [0.05, 0.1) is 0 Å². The van der Waals surface area contributed by atoms with Crippen molar-refractivity contribution in [3.8, 4) is 0 Å². The van der Waals surface area contributed by atoms with Crippen LogP contribution in [0, 0.1) is 6.92 Å². The molecule has 1 unspecified atom stereocenters. The van der Waals surface area contributed by atoms with Crippen LogP contribution in [-0.2, 0) is 9.59 Å². The number of nitrogens with one attached hydrogen (secondary N) is 2. The second-order valence-electron chi connectivity index (χ2n) is 8.92. The van der Waals surface area contributed by atoms with Crippen LogP contribution in [0.1, 0.15) is 36.4 Å². The van der Waals surface area contributed by atoms with Crippen LogP contribution in [0.3, 0.4) is 0 Å². The molecule has 6 heteroatoms. The van der Waals surface area contributed by atoms with Crippen molar-refractivity contribution >= 4 is 39.6 Å². The minimum absolute atomic E-state index is 0.162. The molecule has 2 heterocycles. The molecule has 0 bridgehead atoms. The van der Waals surface area contributed by atoms with Crippen LogP contribution in [0.25, 0.3) is 10.8 Å². The molecule has 0 spiro atoms. The minimum Gasteiger partial charge on any atom is -0.370 e. The van der Waals surface area contributed by atoms with Gasteiger partial charge in [-0.2, -0.15) is 0 Å². The van der Waals surface area contributed by atoms with E-state index >= 15 is 0 Å². The monoisotopic (exact) mass is 464 g/mol. The van der Waals surface area contributed by atoms with Crippen LogP contribution < -0.4 is 15.5 Å². The van der Waals surface area contributed by atoms with Gasteiger partial charge in [-0.3, -0.25) is 14.6 Å². The molecule has 4 aromatic rings. The fraction of sp³-hybridized carbons (Fsp3) is 0.207. The normalized spacial score (nSPS) is 14.5. The molecule has 5 rings (SSSR count). The molecule has 1 aliphatic heterocycles. The Bertz CT molecular complexity index is 1370. The summed E-state index contributed by atoms with van der Waals surface area (Å²) in [5.41, 5.74) is 4.28. The molecule has 2 N–H and O–H groups in total. The van der Waals surface area contributed by atoms with E-state index in [1.54, 1.807) is 6.20 Å². The maximum Gasteiger partial charge on any atom is 0.251 e. The number of fused-ring (bicyclic) bond motifs is 1. The zero-order valence-electron chi connectivity index (χ0n) is 19.7. The number of hydrogen-bond acceptors (Lipinski definition) is 4. The third-order valence-corrected chi connectivity index (χ3v) is 6.43. The highest BCUT2D eigenvalue weighted by Gasteiger charge is 2.23. The van der Waals surface area contributed by atoms with E-state index in [1.165, 1.54) is 0 Å². The number of aromatic nitrogens is 1. The van der Waals surface area contributed by atoms with Crippen LogP contribution in [0.4, 0.5) is 17.1 Å². The largest absolute Gasteiger partial charge is 0.370 e. The highest BCUT2D eigenvalue weighted by Crippen LogP contribution is 2.29. The highest BCUT2D eigenvalue weighted by atomic mass is 16.2. The zero-order chi connectivity index (χ0) is 24.2. The Balaban J connectivity index is 1.38. The van der Waals surface area contributed by atoms with Crippen LogP contribution in [0.2, 0.25) is 0 Å². The third kappa shape index (κ3) is 5.01. The molecule has 1 aromatic heterocycles. The number of aryl methyl sites for hydroxylation is 1. The lowest BCUT2D eigenvalue weighted by molar-refractivity contribution is -0.119. The van der Waals surface area contributed by atoms with Gasteiger partial charge in [-0.15, -0.1) is 0 Å². The maximum atomic E-state index is 13.5. The first-order valence-corrected chi connectivity index (χ1v) is 12.0. The van der Waals surface area contributed by atoms with Crippen molar-refractivity contribution in [3.05, 3.63) is 96.3 Å². The fourth-order valence-electron chi connectivity index (χ4n) is 4.60. The first kappa shape index (κ1) is 22.6. The predicted octanol–water partition coefficient (Wildman–Crippen LogP) is 5.85. The van der Waals surface area contributed by atoms with E-state index < -0.39 is 6.04 Å². The van der Waals surface area contributed by atoms with Crippen molar-refractivity contribution in [2.24, 2.45) is 0 Å². The molecule has 35 heavy (non-hydrogen) atoms. The zero-order valence-corrected chi connectivity index (χ0v) is 19.7. The average molecular weight is 465 g/mol. The summed E-state index contributed by atoms with van der Waals surface area (Å²) in [5, 5.41) is 8.56. The Morgan fingerprint density at radius 2 is 1.77 bits per heavy atom. The SMILES string of the molecule is Cc1cc(NC(=O)C(Nc2ccc3ccncc3c2)c2ccccc2)ccc1N1CCCCC1=O.